The van der Waals surface area contributed by atoms with E-state index < -0.39 is 0 Å². The summed E-state index contributed by atoms with van der Waals surface area (Å²) >= 11 is 1.66. The maximum atomic E-state index is 4.55. The van der Waals surface area contributed by atoms with Crippen LogP contribution in [0.25, 0.3) is 0 Å². The molecule has 1 unspecified atom stereocenters. The van der Waals surface area contributed by atoms with Gasteiger partial charge in [0.15, 0.2) is 0 Å². The van der Waals surface area contributed by atoms with Crippen LogP contribution in [0.5, 0.6) is 0 Å². The van der Waals surface area contributed by atoms with E-state index in [1.807, 2.05) is 0 Å². The largest absolute Gasteiger partial charge is 0.315 e. The van der Waals surface area contributed by atoms with E-state index in [1.165, 1.54) is 17.0 Å². The Balaban J connectivity index is 1.89. The Bertz CT molecular complexity index is 353. The van der Waals surface area contributed by atoms with Crippen LogP contribution in [0.4, 0.5) is 0 Å². The second-order valence-corrected chi connectivity index (χ2v) is 6.30. The van der Waals surface area contributed by atoms with E-state index in [0.29, 0.717) is 6.04 Å². The molecule has 2 heterocycles. The van der Waals surface area contributed by atoms with Gasteiger partial charge < -0.3 is 10.6 Å². The van der Waals surface area contributed by atoms with E-state index in [2.05, 4.69) is 41.8 Å². The minimum atomic E-state index is 0.269. The fourth-order valence-electron chi connectivity index (χ4n) is 1.97. The first-order valence-electron chi connectivity index (χ1n) is 6.52. The monoisotopic (exact) mass is 253 g/mol. The number of nitrogens with zero attached hydrogens (tertiary/aromatic N) is 1. The van der Waals surface area contributed by atoms with Crippen LogP contribution in [0, 0.1) is 0 Å². The quantitative estimate of drug-likeness (QED) is 0.845. The lowest BCUT2D eigenvalue weighted by molar-refractivity contribution is 0.515. The Morgan fingerprint density at radius 1 is 1.59 bits per heavy atom. The second kappa shape index (κ2) is 5.46. The summed E-state index contributed by atoms with van der Waals surface area (Å²) in [5.41, 5.74) is 1.46. The minimum absolute atomic E-state index is 0.269. The zero-order chi connectivity index (χ0) is 12.3. The van der Waals surface area contributed by atoms with Gasteiger partial charge in [0.25, 0.3) is 0 Å². The van der Waals surface area contributed by atoms with Crippen molar-refractivity contribution in [2.24, 2.45) is 0 Å². The molecule has 2 N–H and O–H groups in total. The summed E-state index contributed by atoms with van der Waals surface area (Å²) in [5, 5.41) is 6.93. The molecule has 0 saturated carbocycles. The van der Waals surface area contributed by atoms with Crippen LogP contribution in [-0.2, 0) is 12.0 Å². The number of aromatic nitrogens is 1. The fourth-order valence-corrected chi connectivity index (χ4v) is 2.88. The highest BCUT2D eigenvalue weighted by atomic mass is 32.1. The van der Waals surface area contributed by atoms with Gasteiger partial charge in [-0.1, -0.05) is 20.8 Å². The van der Waals surface area contributed by atoms with Crippen molar-refractivity contribution >= 4 is 11.5 Å². The molecule has 3 nitrogen and oxygen atoms in total. The normalized spacial score (nSPS) is 21.0. The number of hydrogen-bond donors (Lipinski definition) is 2. The topological polar surface area (TPSA) is 37.0 Å². The standard InChI is InChI=1S/C13H23N3S/c1-4-13(2,3)12-7-11(16-17-12)9-15-10-5-6-14-8-10/h7,10,14-15H,4-6,8-9H2,1-3H3. The van der Waals surface area contributed by atoms with E-state index in [-0.39, 0.29) is 5.41 Å². The zero-order valence-electron chi connectivity index (χ0n) is 11.0. The molecule has 1 atom stereocenters. The lowest BCUT2D eigenvalue weighted by Gasteiger charge is -2.19. The Hall–Kier alpha value is -0.450. The smallest absolute Gasteiger partial charge is 0.0683 e. The number of rotatable bonds is 5. The molecule has 96 valence electrons. The summed E-state index contributed by atoms with van der Waals surface area (Å²) < 4.78 is 4.55. The summed E-state index contributed by atoms with van der Waals surface area (Å²) in [4.78, 5) is 1.40. The van der Waals surface area contributed by atoms with Crippen molar-refractivity contribution in [2.45, 2.75) is 51.6 Å². The molecule has 1 aromatic heterocycles. The van der Waals surface area contributed by atoms with Crippen LogP contribution in [0.2, 0.25) is 0 Å². The van der Waals surface area contributed by atoms with Crippen LogP contribution < -0.4 is 10.6 Å². The van der Waals surface area contributed by atoms with Gasteiger partial charge >= 0.3 is 0 Å². The van der Waals surface area contributed by atoms with Crippen LogP contribution in [0.3, 0.4) is 0 Å². The summed E-state index contributed by atoms with van der Waals surface area (Å²) in [5.74, 6) is 0. The molecule has 0 radical (unpaired) electrons. The first kappa shape index (κ1) is 13.0. The predicted octanol–water partition coefficient (Wildman–Crippen LogP) is 2.28. The van der Waals surface area contributed by atoms with Gasteiger partial charge in [-0.05, 0) is 37.0 Å². The van der Waals surface area contributed by atoms with Gasteiger partial charge in [0.1, 0.15) is 0 Å². The molecule has 1 saturated heterocycles. The minimum Gasteiger partial charge on any atom is -0.315 e. The van der Waals surface area contributed by atoms with Crippen molar-refractivity contribution in [3.05, 3.63) is 16.6 Å². The molecule has 1 aromatic rings. The van der Waals surface area contributed by atoms with Crippen molar-refractivity contribution in [3.8, 4) is 0 Å². The number of hydrogen-bond acceptors (Lipinski definition) is 4. The van der Waals surface area contributed by atoms with Crippen molar-refractivity contribution in [3.63, 3.8) is 0 Å². The van der Waals surface area contributed by atoms with E-state index in [1.54, 1.807) is 11.5 Å². The third-order valence-corrected chi connectivity index (χ3v) is 4.93. The Labute approximate surface area is 108 Å². The van der Waals surface area contributed by atoms with E-state index in [0.717, 1.165) is 26.1 Å². The van der Waals surface area contributed by atoms with Gasteiger partial charge in [-0.15, -0.1) is 0 Å². The van der Waals surface area contributed by atoms with Gasteiger partial charge in [0.2, 0.25) is 0 Å². The highest BCUT2D eigenvalue weighted by Gasteiger charge is 2.21. The maximum absolute atomic E-state index is 4.55. The SMILES string of the molecule is CCC(C)(C)c1cc(CNC2CCNC2)ns1. The second-order valence-electron chi connectivity index (χ2n) is 5.49. The van der Waals surface area contributed by atoms with Gasteiger partial charge in [-0.2, -0.15) is 4.37 Å². The molecule has 1 fully saturated rings. The third-order valence-electron chi connectivity index (χ3n) is 3.74. The maximum Gasteiger partial charge on any atom is 0.0683 e. The first-order valence-corrected chi connectivity index (χ1v) is 7.29. The lowest BCUT2D eigenvalue weighted by atomic mass is 9.88. The van der Waals surface area contributed by atoms with Crippen molar-refractivity contribution < 1.29 is 0 Å². The molecule has 2 rings (SSSR count). The highest BCUT2D eigenvalue weighted by Crippen LogP contribution is 2.30. The molecule has 0 aromatic carbocycles. The Morgan fingerprint density at radius 3 is 3.06 bits per heavy atom. The van der Waals surface area contributed by atoms with Gasteiger partial charge in [0.05, 0.1) is 5.69 Å². The predicted molar refractivity (Wildman–Crippen MR) is 73.5 cm³/mol. The van der Waals surface area contributed by atoms with Crippen molar-refractivity contribution in [2.75, 3.05) is 13.1 Å². The van der Waals surface area contributed by atoms with Crippen molar-refractivity contribution in [1.82, 2.24) is 15.0 Å². The average Bonchev–Trinajstić information content (AvgIpc) is 2.97. The molecule has 1 aliphatic heterocycles. The van der Waals surface area contributed by atoms with Gasteiger partial charge in [0, 0.05) is 29.4 Å². The molecule has 4 heteroatoms. The molecular formula is C13H23N3S. The summed E-state index contributed by atoms with van der Waals surface area (Å²) in [6, 6.07) is 2.89. The molecular weight excluding hydrogens is 230 g/mol. The van der Waals surface area contributed by atoms with Crippen LogP contribution >= 0.6 is 11.5 Å². The van der Waals surface area contributed by atoms with Crippen LogP contribution in [0.1, 0.15) is 44.2 Å². The Morgan fingerprint density at radius 2 is 2.41 bits per heavy atom. The summed E-state index contributed by atoms with van der Waals surface area (Å²) in [6.07, 6.45) is 2.39. The van der Waals surface area contributed by atoms with Crippen LogP contribution in [0.15, 0.2) is 6.07 Å². The van der Waals surface area contributed by atoms with E-state index in [4.69, 9.17) is 0 Å². The van der Waals surface area contributed by atoms with E-state index >= 15 is 0 Å². The Kier molecular flexibility index (Phi) is 4.17. The lowest BCUT2D eigenvalue weighted by Crippen LogP contribution is -2.30. The zero-order valence-corrected chi connectivity index (χ0v) is 11.9. The number of nitrogens with one attached hydrogen (secondary N) is 2. The fraction of sp³-hybridized carbons (Fsp3) is 0.769. The molecule has 0 bridgehead atoms. The molecule has 0 amide bonds. The molecule has 0 spiro atoms. The average molecular weight is 253 g/mol. The van der Waals surface area contributed by atoms with E-state index in [9.17, 15) is 0 Å². The van der Waals surface area contributed by atoms with Crippen LogP contribution in [-0.4, -0.2) is 23.5 Å². The summed E-state index contributed by atoms with van der Waals surface area (Å²) in [7, 11) is 0. The third kappa shape index (κ3) is 3.27. The molecule has 17 heavy (non-hydrogen) atoms. The van der Waals surface area contributed by atoms with Gasteiger partial charge in [-0.25, -0.2) is 0 Å². The summed E-state index contributed by atoms with van der Waals surface area (Å²) in [6.45, 7) is 9.96. The highest BCUT2D eigenvalue weighted by molar-refractivity contribution is 7.06. The van der Waals surface area contributed by atoms with Crippen molar-refractivity contribution in [1.29, 1.82) is 0 Å². The molecule has 0 aliphatic carbocycles. The molecule has 1 aliphatic rings. The van der Waals surface area contributed by atoms with Gasteiger partial charge in [-0.3, -0.25) is 0 Å². The first-order chi connectivity index (χ1) is 8.12.